The molecule has 2 aliphatic heterocycles. The number of rotatable bonds is 4. The van der Waals surface area contributed by atoms with Gasteiger partial charge in [-0.15, -0.1) is 0 Å². The topological polar surface area (TPSA) is 61.5 Å². The van der Waals surface area contributed by atoms with Gasteiger partial charge < -0.3 is 14.6 Å². The van der Waals surface area contributed by atoms with Crippen molar-refractivity contribution < 1.29 is 22.7 Å². The molecule has 0 unspecified atom stereocenters. The largest absolute Gasteiger partial charge is 0.389 e. The summed E-state index contributed by atoms with van der Waals surface area (Å²) in [7, 11) is 0. The Morgan fingerprint density at radius 2 is 2.17 bits per heavy atom. The lowest BCUT2D eigenvalue weighted by Gasteiger charge is -2.31. The van der Waals surface area contributed by atoms with E-state index < -0.39 is 24.9 Å². The molecule has 2 atom stereocenters. The lowest BCUT2D eigenvalue weighted by molar-refractivity contribution is -0.150. The minimum atomic E-state index is -4.31. The van der Waals surface area contributed by atoms with Crippen molar-refractivity contribution in [2.45, 2.75) is 31.6 Å². The molecule has 1 aromatic heterocycles. The summed E-state index contributed by atoms with van der Waals surface area (Å²) in [5.41, 5.74) is 0.978. The van der Waals surface area contributed by atoms with Crippen LogP contribution in [-0.2, 0) is 16.1 Å². The summed E-state index contributed by atoms with van der Waals surface area (Å²) >= 11 is 0. The maximum absolute atomic E-state index is 12.4. The maximum atomic E-state index is 12.4. The van der Waals surface area contributed by atoms with Crippen LogP contribution in [0.4, 0.5) is 13.2 Å². The Hall–Kier alpha value is -1.61. The maximum Gasteiger partial charge on any atom is 0.389 e. The number of aromatic nitrogens is 2. The molecule has 2 fully saturated rings. The molecule has 0 aliphatic carbocycles. The van der Waals surface area contributed by atoms with Crippen LogP contribution in [0.1, 0.15) is 18.5 Å². The van der Waals surface area contributed by atoms with Crippen LogP contribution >= 0.6 is 0 Å². The number of alkyl halides is 3. The second-order valence-electron chi connectivity index (χ2n) is 6.49. The number of carbonyl (C=O) groups is 1. The third-order valence-corrected chi connectivity index (χ3v) is 4.44. The number of carbonyl (C=O) groups excluding carboxylic acids is 1. The van der Waals surface area contributed by atoms with Gasteiger partial charge in [0.15, 0.2) is 0 Å². The lowest BCUT2D eigenvalue weighted by Crippen LogP contribution is -2.46. The highest BCUT2D eigenvalue weighted by molar-refractivity contribution is 5.76. The fourth-order valence-electron chi connectivity index (χ4n) is 3.38. The summed E-state index contributed by atoms with van der Waals surface area (Å²) in [5, 5.41) is 0. The third-order valence-electron chi connectivity index (χ3n) is 4.44. The molecule has 9 heteroatoms. The average Bonchev–Trinajstić information content (AvgIpc) is 2.83. The van der Waals surface area contributed by atoms with E-state index in [4.69, 9.17) is 4.74 Å². The van der Waals surface area contributed by atoms with Gasteiger partial charge in [-0.05, 0) is 0 Å². The molecule has 0 saturated carbocycles. The quantitative estimate of drug-likeness (QED) is 0.896. The summed E-state index contributed by atoms with van der Waals surface area (Å²) in [6.07, 6.45) is -2.50. The van der Waals surface area contributed by atoms with Gasteiger partial charge in [0.25, 0.3) is 0 Å². The first-order valence-corrected chi connectivity index (χ1v) is 8.04. The molecule has 2 bridgehead atoms. The number of nitrogens with zero attached hydrogens (tertiary/aromatic N) is 3. The zero-order valence-electron chi connectivity index (χ0n) is 13.3. The van der Waals surface area contributed by atoms with E-state index in [0.29, 0.717) is 32.8 Å². The minimum absolute atomic E-state index is 0.107. The molecule has 0 aromatic carbocycles. The van der Waals surface area contributed by atoms with E-state index in [2.05, 4.69) is 14.9 Å². The van der Waals surface area contributed by atoms with Crippen LogP contribution in [0.25, 0.3) is 0 Å². The molecule has 2 saturated heterocycles. The first-order chi connectivity index (χ1) is 11.4. The standard InChI is InChI=1S/C15H21F3N4O2/c16-15(17,18)2-1-14(23)22-5-11-4-21(6-12-3-19-10-20-12)7-13(22)9-24-8-11/h3,10-11,13H,1-2,4-9H2,(H,19,20)/t11-,13-/m0/s1. The van der Waals surface area contributed by atoms with Crippen LogP contribution in [0.2, 0.25) is 0 Å². The van der Waals surface area contributed by atoms with E-state index in [0.717, 1.165) is 12.2 Å². The number of hydrogen-bond donors (Lipinski definition) is 1. The monoisotopic (exact) mass is 346 g/mol. The molecule has 24 heavy (non-hydrogen) atoms. The number of ether oxygens (including phenoxy) is 1. The molecule has 3 rings (SSSR count). The van der Waals surface area contributed by atoms with E-state index in [-0.39, 0.29) is 12.0 Å². The molecule has 134 valence electrons. The number of amides is 1. The van der Waals surface area contributed by atoms with Crippen LogP contribution in [0.3, 0.4) is 0 Å². The molecule has 0 radical (unpaired) electrons. The van der Waals surface area contributed by atoms with Crippen molar-refractivity contribution in [2.75, 3.05) is 32.8 Å². The fourth-order valence-corrected chi connectivity index (χ4v) is 3.38. The first-order valence-electron chi connectivity index (χ1n) is 8.04. The van der Waals surface area contributed by atoms with Gasteiger partial charge in [0.2, 0.25) is 5.91 Å². The van der Waals surface area contributed by atoms with Gasteiger partial charge in [-0.1, -0.05) is 0 Å². The van der Waals surface area contributed by atoms with Crippen molar-refractivity contribution in [2.24, 2.45) is 5.92 Å². The summed E-state index contributed by atoms with van der Waals surface area (Å²) in [6.45, 7) is 3.37. The molecule has 0 spiro atoms. The van der Waals surface area contributed by atoms with Crippen LogP contribution in [-0.4, -0.2) is 70.7 Å². The Kier molecular flexibility index (Phi) is 5.09. The number of H-pyrrole nitrogens is 1. The van der Waals surface area contributed by atoms with E-state index in [9.17, 15) is 18.0 Å². The zero-order chi connectivity index (χ0) is 17.2. The molecular weight excluding hydrogens is 325 g/mol. The molecule has 1 amide bonds. The fraction of sp³-hybridized carbons (Fsp3) is 0.733. The van der Waals surface area contributed by atoms with Gasteiger partial charge in [-0.2, -0.15) is 13.2 Å². The summed E-state index contributed by atoms with van der Waals surface area (Å²) in [5.74, 6) is -0.327. The number of halogens is 3. The van der Waals surface area contributed by atoms with Crippen molar-refractivity contribution in [3.8, 4) is 0 Å². The van der Waals surface area contributed by atoms with Crippen molar-refractivity contribution in [1.29, 1.82) is 0 Å². The van der Waals surface area contributed by atoms with Crippen LogP contribution in [0.5, 0.6) is 0 Å². The molecule has 2 aliphatic rings. The number of hydrogen-bond acceptors (Lipinski definition) is 4. The van der Waals surface area contributed by atoms with Gasteiger partial charge in [0.1, 0.15) is 0 Å². The zero-order valence-corrected chi connectivity index (χ0v) is 13.3. The van der Waals surface area contributed by atoms with E-state index in [1.165, 1.54) is 0 Å². The van der Waals surface area contributed by atoms with Gasteiger partial charge in [-0.3, -0.25) is 9.69 Å². The van der Waals surface area contributed by atoms with Gasteiger partial charge in [-0.25, -0.2) is 4.98 Å². The normalized spacial score (nSPS) is 25.5. The van der Waals surface area contributed by atoms with Gasteiger partial charge in [0.05, 0.1) is 32.0 Å². The van der Waals surface area contributed by atoms with Crippen LogP contribution < -0.4 is 0 Å². The second-order valence-corrected chi connectivity index (χ2v) is 6.49. The lowest BCUT2D eigenvalue weighted by atomic mass is 10.1. The van der Waals surface area contributed by atoms with Crippen LogP contribution in [0, 0.1) is 5.92 Å². The van der Waals surface area contributed by atoms with Crippen molar-refractivity contribution in [3.05, 3.63) is 18.2 Å². The van der Waals surface area contributed by atoms with Crippen molar-refractivity contribution in [3.63, 3.8) is 0 Å². The van der Waals surface area contributed by atoms with Gasteiger partial charge >= 0.3 is 6.18 Å². The Morgan fingerprint density at radius 1 is 1.33 bits per heavy atom. The molecular formula is C15H21F3N4O2. The number of nitrogens with one attached hydrogen (secondary N) is 1. The molecule has 6 nitrogen and oxygen atoms in total. The average molecular weight is 346 g/mol. The highest BCUT2D eigenvalue weighted by Gasteiger charge is 2.37. The van der Waals surface area contributed by atoms with Crippen molar-refractivity contribution in [1.82, 2.24) is 19.8 Å². The number of aromatic amines is 1. The Labute approximate surface area is 138 Å². The van der Waals surface area contributed by atoms with Gasteiger partial charge in [0, 0.05) is 50.4 Å². The number of fused-ring (bicyclic) bond motifs is 3. The predicted octanol–water partition coefficient (Wildman–Crippen LogP) is 1.41. The minimum Gasteiger partial charge on any atom is -0.379 e. The van der Waals surface area contributed by atoms with Crippen LogP contribution in [0.15, 0.2) is 12.5 Å². The van der Waals surface area contributed by atoms with Crippen molar-refractivity contribution >= 4 is 5.91 Å². The third kappa shape index (κ3) is 4.47. The SMILES string of the molecule is O=C(CCC(F)(F)F)N1C[C@H]2COC[C@@H]1CN(Cc1cnc[nH]1)C2. The molecule has 1 N–H and O–H groups in total. The van der Waals surface area contributed by atoms with E-state index in [1.807, 2.05) is 0 Å². The summed E-state index contributed by atoms with van der Waals surface area (Å²) in [4.78, 5) is 23.2. The molecule has 1 aromatic rings. The van der Waals surface area contributed by atoms with E-state index >= 15 is 0 Å². The Bertz CT molecular complexity index is 549. The van der Waals surface area contributed by atoms with E-state index in [1.54, 1.807) is 17.4 Å². The highest BCUT2D eigenvalue weighted by Crippen LogP contribution is 2.25. The smallest absolute Gasteiger partial charge is 0.379 e. The first kappa shape index (κ1) is 17.2. The Morgan fingerprint density at radius 3 is 2.88 bits per heavy atom. The Balaban J connectivity index is 1.65. The second kappa shape index (κ2) is 7.10. The highest BCUT2D eigenvalue weighted by atomic mass is 19.4. The number of imidazole rings is 1. The summed E-state index contributed by atoms with van der Waals surface area (Å²) < 4.78 is 42.8. The molecule has 3 heterocycles. The summed E-state index contributed by atoms with van der Waals surface area (Å²) in [6, 6.07) is -0.207. The predicted molar refractivity (Wildman–Crippen MR) is 79.0 cm³/mol.